The van der Waals surface area contributed by atoms with Gasteiger partial charge in [-0.15, -0.1) is 0 Å². The van der Waals surface area contributed by atoms with E-state index >= 15 is 0 Å². The zero-order valence-electron chi connectivity index (χ0n) is 10.9. The van der Waals surface area contributed by atoms with Crippen LogP contribution in [0.4, 0.5) is 8.78 Å². The summed E-state index contributed by atoms with van der Waals surface area (Å²) in [5.41, 5.74) is 0.525. The largest absolute Gasteiger partial charge is 0.309 e. The summed E-state index contributed by atoms with van der Waals surface area (Å²) in [5, 5.41) is 3.33. The molecule has 2 atom stereocenters. The van der Waals surface area contributed by atoms with Crippen LogP contribution in [-0.4, -0.2) is 31.1 Å². The third kappa shape index (κ3) is 3.06. The lowest BCUT2D eigenvalue weighted by atomic mass is 10.1. The number of benzene rings is 1. The van der Waals surface area contributed by atoms with Gasteiger partial charge in [-0.2, -0.15) is 0 Å². The molecule has 2 rings (SSSR count). The van der Waals surface area contributed by atoms with E-state index in [1.54, 1.807) is 0 Å². The van der Waals surface area contributed by atoms with E-state index in [1.807, 2.05) is 6.92 Å². The quantitative estimate of drug-likeness (QED) is 0.888. The zero-order valence-corrected chi connectivity index (χ0v) is 10.9. The fourth-order valence-electron chi connectivity index (χ4n) is 2.51. The molecule has 1 saturated heterocycles. The highest BCUT2D eigenvalue weighted by atomic mass is 19.1. The molecule has 0 aliphatic carbocycles. The second-order valence-corrected chi connectivity index (χ2v) is 5.07. The second-order valence-electron chi connectivity index (χ2n) is 5.07. The van der Waals surface area contributed by atoms with Gasteiger partial charge in [0.2, 0.25) is 0 Å². The van der Waals surface area contributed by atoms with Crippen LogP contribution in [0, 0.1) is 11.6 Å². The van der Waals surface area contributed by atoms with Crippen LogP contribution in [0.15, 0.2) is 18.2 Å². The molecule has 1 fully saturated rings. The van der Waals surface area contributed by atoms with Gasteiger partial charge in [-0.1, -0.05) is 6.07 Å². The van der Waals surface area contributed by atoms with Crippen molar-refractivity contribution in [3.05, 3.63) is 35.4 Å². The molecular weight excluding hydrogens is 234 g/mol. The molecule has 0 amide bonds. The lowest BCUT2D eigenvalue weighted by Crippen LogP contribution is -2.36. The number of halogens is 2. The molecule has 2 nitrogen and oxygen atoms in total. The fraction of sp³-hybridized carbons (Fsp3) is 0.571. The smallest absolute Gasteiger partial charge is 0.130 e. The van der Waals surface area contributed by atoms with Gasteiger partial charge in [-0.05, 0) is 39.4 Å². The molecule has 1 aliphatic rings. The number of rotatable bonds is 4. The van der Waals surface area contributed by atoms with Crippen molar-refractivity contribution in [1.82, 2.24) is 10.2 Å². The Kier molecular flexibility index (Phi) is 4.30. The molecular formula is C14H20F2N2. The van der Waals surface area contributed by atoms with Gasteiger partial charge < -0.3 is 10.2 Å². The van der Waals surface area contributed by atoms with Crippen molar-refractivity contribution in [2.45, 2.75) is 31.8 Å². The highest BCUT2D eigenvalue weighted by Gasteiger charge is 2.21. The minimum Gasteiger partial charge on any atom is -0.309 e. The number of hydrogen-bond acceptors (Lipinski definition) is 2. The van der Waals surface area contributed by atoms with E-state index in [-0.39, 0.29) is 6.04 Å². The van der Waals surface area contributed by atoms with Gasteiger partial charge in [0.1, 0.15) is 11.6 Å². The molecule has 18 heavy (non-hydrogen) atoms. The van der Waals surface area contributed by atoms with Crippen LogP contribution in [0.25, 0.3) is 0 Å². The van der Waals surface area contributed by atoms with E-state index in [2.05, 4.69) is 17.3 Å². The van der Waals surface area contributed by atoms with E-state index < -0.39 is 11.6 Å². The van der Waals surface area contributed by atoms with Gasteiger partial charge >= 0.3 is 0 Å². The molecule has 100 valence electrons. The average molecular weight is 254 g/mol. The maximum absolute atomic E-state index is 13.6. The molecule has 1 N–H and O–H groups in total. The molecule has 0 spiro atoms. The minimum absolute atomic E-state index is 0.0976. The Morgan fingerprint density at radius 2 is 2.22 bits per heavy atom. The van der Waals surface area contributed by atoms with Crippen LogP contribution in [0.1, 0.15) is 31.4 Å². The molecule has 1 heterocycles. The number of nitrogens with one attached hydrogen (secondary N) is 1. The Morgan fingerprint density at radius 1 is 1.44 bits per heavy atom. The van der Waals surface area contributed by atoms with Crippen molar-refractivity contribution in [2.24, 2.45) is 0 Å². The van der Waals surface area contributed by atoms with Crippen molar-refractivity contribution in [3.63, 3.8) is 0 Å². The monoisotopic (exact) mass is 254 g/mol. The Hall–Kier alpha value is -1.00. The summed E-state index contributed by atoms with van der Waals surface area (Å²) >= 11 is 0. The van der Waals surface area contributed by atoms with Gasteiger partial charge in [-0.25, -0.2) is 8.78 Å². The standard InChI is InChI=1S/C14H20F2N2/c1-10(13-6-5-11(15)8-14(13)16)17-9-12-4-3-7-18(12)2/h5-6,8,10,12,17H,3-4,7,9H2,1-2H3. The van der Waals surface area contributed by atoms with Crippen LogP contribution in [0.2, 0.25) is 0 Å². The molecule has 1 aliphatic heterocycles. The predicted molar refractivity (Wildman–Crippen MR) is 68.4 cm³/mol. The van der Waals surface area contributed by atoms with E-state index in [0.29, 0.717) is 11.6 Å². The summed E-state index contributed by atoms with van der Waals surface area (Å²) in [5.74, 6) is -1.01. The van der Waals surface area contributed by atoms with Crippen LogP contribution in [0.5, 0.6) is 0 Å². The lowest BCUT2D eigenvalue weighted by molar-refractivity contribution is 0.293. The first-order valence-corrected chi connectivity index (χ1v) is 6.46. The highest BCUT2D eigenvalue weighted by molar-refractivity contribution is 5.21. The first-order valence-electron chi connectivity index (χ1n) is 6.46. The van der Waals surface area contributed by atoms with Crippen molar-refractivity contribution in [1.29, 1.82) is 0 Å². The third-order valence-corrected chi connectivity index (χ3v) is 3.76. The average Bonchev–Trinajstić information content (AvgIpc) is 2.72. The van der Waals surface area contributed by atoms with Crippen molar-refractivity contribution in [3.8, 4) is 0 Å². The van der Waals surface area contributed by atoms with Crippen molar-refractivity contribution >= 4 is 0 Å². The summed E-state index contributed by atoms with van der Waals surface area (Å²) in [6.45, 7) is 3.88. The molecule has 1 aromatic rings. The Bertz CT molecular complexity index is 409. The van der Waals surface area contributed by atoms with E-state index in [0.717, 1.165) is 19.2 Å². The Balaban J connectivity index is 1.93. The summed E-state index contributed by atoms with van der Waals surface area (Å²) in [6, 6.07) is 4.18. The maximum Gasteiger partial charge on any atom is 0.130 e. The zero-order chi connectivity index (χ0) is 13.1. The van der Waals surface area contributed by atoms with Gasteiger partial charge in [0.05, 0.1) is 0 Å². The number of nitrogens with zero attached hydrogens (tertiary/aromatic N) is 1. The topological polar surface area (TPSA) is 15.3 Å². The van der Waals surface area contributed by atoms with Crippen LogP contribution in [0.3, 0.4) is 0 Å². The predicted octanol–water partition coefficient (Wildman–Crippen LogP) is 2.71. The van der Waals surface area contributed by atoms with Crippen LogP contribution in [-0.2, 0) is 0 Å². The summed E-state index contributed by atoms with van der Waals surface area (Å²) < 4.78 is 26.4. The number of likely N-dealkylation sites (tertiary alicyclic amines) is 1. The maximum atomic E-state index is 13.6. The molecule has 0 radical (unpaired) electrons. The summed E-state index contributed by atoms with van der Waals surface area (Å²) in [7, 11) is 2.11. The van der Waals surface area contributed by atoms with E-state index in [4.69, 9.17) is 0 Å². The third-order valence-electron chi connectivity index (χ3n) is 3.76. The van der Waals surface area contributed by atoms with Crippen molar-refractivity contribution in [2.75, 3.05) is 20.1 Å². The second kappa shape index (κ2) is 5.76. The molecule has 0 aromatic heterocycles. The van der Waals surface area contributed by atoms with Gasteiger partial charge in [0.25, 0.3) is 0 Å². The molecule has 0 bridgehead atoms. The van der Waals surface area contributed by atoms with Crippen LogP contribution < -0.4 is 5.32 Å². The minimum atomic E-state index is -0.529. The first kappa shape index (κ1) is 13.4. The van der Waals surface area contributed by atoms with Crippen LogP contribution >= 0.6 is 0 Å². The molecule has 0 saturated carbocycles. The van der Waals surface area contributed by atoms with Crippen molar-refractivity contribution < 1.29 is 8.78 Å². The fourth-order valence-corrected chi connectivity index (χ4v) is 2.51. The number of likely N-dealkylation sites (N-methyl/N-ethyl adjacent to an activating group) is 1. The Morgan fingerprint density at radius 3 is 2.83 bits per heavy atom. The first-order chi connectivity index (χ1) is 8.58. The van der Waals surface area contributed by atoms with E-state index in [9.17, 15) is 8.78 Å². The molecule has 2 unspecified atom stereocenters. The van der Waals surface area contributed by atoms with Gasteiger partial charge in [0, 0.05) is 30.3 Å². The lowest BCUT2D eigenvalue weighted by Gasteiger charge is -2.23. The number of hydrogen-bond donors (Lipinski definition) is 1. The van der Waals surface area contributed by atoms with Gasteiger partial charge in [0.15, 0.2) is 0 Å². The summed E-state index contributed by atoms with van der Waals surface area (Å²) in [6.07, 6.45) is 2.41. The molecule has 4 heteroatoms. The highest BCUT2D eigenvalue weighted by Crippen LogP contribution is 2.19. The summed E-state index contributed by atoms with van der Waals surface area (Å²) in [4.78, 5) is 2.32. The normalized spacial score (nSPS) is 22.3. The van der Waals surface area contributed by atoms with E-state index in [1.165, 1.54) is 25.0 Å². The molecule has 1 aromatic carbocycles. The SMILES string of the molecule is CC(NCC1CCCN1C)c1ccc(F)cc1F. The van der Waals surface area contributed by atoms with Gasteiger partial charge in [-0.3, -0.25) is 0 Å². The Labute approximate surface area is 107 Å².